The lowest BCUT2D eigenvalue weighted by atomic mass is 10.0. The molecule has 4 nitrogen and oxygen atoms in total. The minimum Gasteiger partial charge on any atom is -0.486 e. The van der Waals surface area contributed by atoms with Crippen LogP contribution in [0.1, 0.15) is 94.9 Å². The number of hydrogen-bond acceptors (Lipinski definition) is 4. The second-order valence-corrected chi connectivity index (χ2v) is 40.9. The molecule has 2 saturated heterocycles. The highest BCUT2D eigenvalue weighted by atomic mass is 31.1. The third kappa shape index (κ3) is 14.4. The first-order chi connectivity index (χ1) is 38.5. The van der Waals surface area contributed by atoms with Gasteiger partial charge in [-0.2, -0.15) is 0 Å². The van der Waals surface area contributed by atoms with Crippen LogP contribution in [0.25, 0.3) is 11.1 Å². The Hall–Kier alpha value is -3.68. The van der Waals surface area contributed by atoms with Gasteiger partial charge in [-0.3, -0.25) is 0 Å². The van der Waals surface area contributed by atoms with Gasteiger partial charge >= 0.3 is 0 Å². The van der Waals surface area contributed by atoms with Gasteiger partial charge in [-0.25, -0.2) is 0 Å². The molecule has 0 aliphatic carbocycles. The smallest absolute Gasteiger partial charge is 0.169 e. The van der Waals surface area contributed by atoms with E-state index in [1.165, 1.54) is 69.8 Å². The van der Waals surface area contributed by atoms with Crippen molar-refractivity contribution in [1.29, 1.82) is 0 Å². The summed E-state index contributed by atoms with van der Waals surface area (Å²) in [5.41, 5.74) is 5.78. The quantitative estimate of drug-likeness (QED) is 0.114. The Bertz CT molecular complexity index is 2770. The highest BCUT2D eigenvalue weighted by Gasteiger charge is 2.38. The van der Waals surface area contributed by atoms with Crippen LogP contribution < -0.4 is 61.4 Å². The van der Waals surface area contributed by atoms with Crippen molar-refractivity contribution in [2.75, 3.05) is 52.1 Å². The SMILES string of the molecule is C[C@@H]1CC[C@@H](C)P1c1ccccc1P1[C@H](C)CC[C@H]1C.C[P@@](CC[P@](C)C(C)(C)C)C(C)(C)C.c1ccc(P(c2ccccc2)c2ccc3c(c2-c2c(P(c4ccccc4)c4ccccc4)ccc4c2OCCO4)OCCO3)cc1. The Morgan fingerprint density at radius 3 is 0.938 bits per heavy atom. The molecule has 4 aliphatic rings. The van der Waals surface area contributed by atoms with Crippen LogP contribution in [0.4, 0.5) is 0 Å². The van der Waals surface area contributed by atoms with Crippen LogP contribution in [0.2, 0.25) is 0 Å². The summed E-state index contributed by atoms with van der Waals surface area (Å²) in [5.74, 6) is 3.04. The summed E-state index contributed by atoms with van der Waals surface area (Å²) in [5, 5.41) is 12.1. The maximum absolute atomic E-state index is 6.60. The van der Waals surface area contributed by atoms with Crippen molar-refractivity contribution in [3.63, 3.8) is 0 Å². The van der Waals surface area contributed by atoms with E-state index in [4.69, 9.17) is 18.9 Å². The van der Waals surface area contributed by atoms with Crippen LogP contribution >= 0.6 is 47.5 Å². The first kappa shape index (κ1) is 60.9. The topological polar surface area (TPSA) is 36.9 Å². The molecule has 2 fully saturated rings. The Morgan fingerprint density at radius 2 is 0.650 bits per heavy atom. The fourth-order valence-corrected chi connectivity index (χ4v) is 27.3. The van der Waals surface area contributed by atoms with E-state index in [0.717, 1.165) is 56.8 Å². The first-order valence-corrected chi connectivity index (χ1v) is 38.8. The van der Waals surface area contributed by atoms with Crippen LogP contribution in [0.15, 0.2) is 170 Å². The molecule has 0 N–H and O–H groups in total. The Kier molecular flexibility index (Phi) is 21.2. The summed E-state index contributed by atoms with van der Waals surface area (Å²) >= 11 is 0. The van der Waals surface area contributed by atoms with Crippen LogP contribution in [-0.4, -0.2) is 85.0 Å². The normalized spacial score (nSPS) is 19.9. The summed E-state index contributed by atoms with van der Waals surface area (Å²) < 4.78 is 25.7. The van der Waals surface area contributed by atoms with Gasteiger partial charge in [-0.1, -0.05) is 231 Å². The lowest BCUT2D eigenvalue weighted by Gasteiger charge is -2.33. The van der Waals surface area contributed by atoms with Gasteiger partial charge in [0.2, 0.25) is 0 Å². The molecule has 422 valence electrons. The molecule has 0 bridgehead atoms. The standard InChI is InChI=1S/C40H32O4P2.C18H28P2.C12H28P2/c1-5-13-29(14-6-1)45(30-15-7-2-8-16-30)35-23-21-33-39(43-27-25-41-33)37(35)38-36(24-22-34-40(38)44-28-26-42-34)46(31-17-9-3-10-18-31)32-19-11-4-12-20-32;1-13-9-10-14(2)19(13)17-7-5-6-8-18(17)20-15(3)11-12-16(20)4;1-11(2,3)13(7)9-10-14(8)12(4,5)6/h1-24H,25-28H2;5-8,13-16H,9-12H2,1-4H3;9-10H2,1-8H3/t;13-,14-,15-,16-;13-,14-/m.10/s1. The summed E-state index contributed by atoms with van der Waals surface area (Å²) in [6.45, 7) is 31.2. The van der Waals surface area contributed by atoms with E-state index in [-0.39, 0.29) is 31.7 Å². The van der Waals surface area contributed by atoms with Crippen molar-refractivity contribution in [3.05, 3.63) is 170 Å². The molecule has 0 amide bonds. The summed E-state index contributed by atoms with van der Waals surface area (Å²) in [4.78, 5) is 0. The van der Waals surface area contributed by atoms with Gasteiger partial charge in [0, 0.05) is 11.1 Å². The van der Waals surface area contributed by atoms with Gasteiger partial charge in [0.15, 0.2) is 23.0 Å². The van der Waals surface area contributed by atoms with Gasteiger partial charge in [0.25, 0.3) is 0 Å². The maximum Gasteiger partial charge on any atom is 0.169 e. The van der Waals surface area contributed by atoms with Crippen molar-refractivity contribution in [2.24, 2.45) is 0 Å². The number of benzene rings is 7. The Balaban J connectivity index is 0.000000187. The van der Waals surface area contributed by atoms with Crippen LogP contribution in [0.3, 0.4) is 0 Å². The second kappa shape index (κ2) is 27.8. The van der Waals surface area contributed by atoms with Gasteiger partial charge < -0.3 is 18.9 Å². The summed E-state index contributed by atoms with van der Waals surface area (Å²) in [6, 6.07) is 61.4. The molecule has 80 heavy (non-hydrogen) atoms. The molecular weight excluding hydrogens is 1090 g/mol. The number of rotatable bonds is 12. The second-order valence-electron chi connectivity index (χ2n) is 24.0. The minimum atomic E-state index is -0.984. The Morgan fingerprint density at radius 1 is 0.375 bits per heavy atom. The fraction of sp³-hybridized carbons (Fsp3) is 0.400. The molecule has 11 rings (SSSR count). The van der Waals surface area contributed by atoms with Gasteiger partial charge in [0.05, 0.1) is 0 Å². The number of hydrogen-bond donors (Lipinski definition) is 0. The molecule has 0 aromatic heterocycles. The molecule has 0 spiro atoms. The fourth-order valence-electron chi connectivity index (χ4n) is 11.4. The van der Waals surface area contributed by atoms with E-state index in [9.17, 15) is 0 Å². The average molecular weight is 1180 g/mol. The molecule has 7 aromatic carbocycles. The molecule has 7 aromatic rings. The highest BCUT2D eigenvalue weighted by Crippen LogP contribution is 2.59. The zero-order valence-electron chi connectivity index (χ0n) is 49.9. The van der Waals surface area contributed by atoms with Crippen molar-refractivity contribution >= 4 is 90.0 Å². The van der Waals surface area contributed by atoms with Gasteiger partial charge in [-0.05, 0) is 167 Å². The van der Waals surface area contributed by atoms with Crippen molar-refractivity contribution in [1.82, 2.24) is 0 Å². The van der Waals surface area contributed by atoms with E-state index >= 15 is 0 Å². The first-order valence-electron chi connectivity index (χ1n) is 29.3. The lowest BCUT2D eigenvalue weighted by molar-refractivity contribution is 0.170. The van der Waals surface area contributed by atoms with E-state index in [0.29, 0.717) is 36.7 Å². The van der Waals surface area contributed by atoms with Crippen LogP contribution in [-0.2, 0) is 0 Å². The van der Waals surface area contributed by atoms with Gasteiger partial charge in [-0.15, -0.1) is 15.8 Å². The summed E-state index contributed by atoms with van der Waals surface area (Å²) in [6.07, 6.45) is 8.71. The van der Waals surface area contributed by atoms with Crippen molar-refractivity contribution < 1.29 is 18.9 Å². The van der Waals surface area contributed by atoms with Gasteiger partial charge in [0.1, 0.15) is 26.4 Å². The van der Waals surface area contributed by atoms with Crippen LogP contribution in [0, 0.1) is 0 Å². The molecule has 0 saturated carbocycles. The van der Waals surface area contributed by atoms with E-state index < -0.39 is 15.8 Å². The predicted octanol–water partition coefficient (Wildman–Crippen LogP) is 16.3. The van der Waals surface area contributed by atoms with Crippen molar-refractivity contribution in [2.45, 2.75) is 128 Å². The summed E-state index contributed by atoms with van der Waals surface area (Å²) in [7, 11) is -1.38. The minimum absolute atomic E-state index is 0.0785. The molecule has 6 atom stereocenters. The number of fused-ring (bicyclic) bond motifs is 2. The molecule has 10 heteroatoms. The maximum atomic E-state index is 6.60. The Labute approximate surface area is 489 Å². The van der Waals surface area contributed by atoms with Crippen molar-refractivity contribution in [3.8, 4) is 34.1 Å². The monoisotopic (exact) mass is 1180 g/mol. The lowest BCUT2D eigenvalue weighted by Crippen LogP contribution is -2.29. The predicted molar refractivity (Wildman–Crippen MR) is 362 cm³/mol. The zero-order chi connectivity index (χ0) is 56.6. The average Bonchev–Trinajstić information content (AvgIpc) is 4.03. The largest absolute Gasteiger partial charge is 0.486 e. The van der Waals surface area contributed by atoms with E-state index in [2.05, 4.69) is 252 Å². The molecular formula is C70H88O4P6. The molecule has 0 unspecified atom stereocenters. The molecule has 4 heterocycles. The zero-order valence-corrected chi connectivity index (χ0v) is 55.2. The van der Waals surface area contributed by atoms with E-state index in [1.807, 2.05) is 0 Å². The van der Waals surface area contributed by atoms with Crippen LogP contribution in [0.5, 0.6) is 23.0 Å². The molecule has 4 aliphatic heterocycles. The third-order valence-electron chi connectivity index (χ3n) is 16.6. The van der Waals surface area contributed by atoms with E-state index in [1.54, 1.807) is 10.6 Å². The molecule has 0 radical (unpaired) electrons. The number of ether oxygens (including phenoxy) is 4. The highest BCUT2D eigenvalue weighted by molar-refractivity contribution is 7.81. The third-order valence-corrected chi connectivity index (χ3v) is 35.2.